The van der Waals surface area contributed by atoms with Crippen LogP contribution in [0.3, 0.4) is 0 Å². The lowest BCUT2D eigenvalue weighted by Gasteiger charge is -2.20. The molecule has 1 saturated heterocycles. The summed E-state index contributed by atoms with van der Waals surface area (Å²) < 4.78 is 0. The van der Waals surface area contributed by atoms with Gasteiger partial charge in [0.05, 0.1) is 0 Å². The van der Waals surface area contributed by atoms with Crippen molar-refractivity contribution in [1.82, 2.24) is 4.90 Å². The van der Waals surface area contributed by atoms with Gasteiger partial charge in [0, 0.05) is 18.8 Å². The highest BCUT2D eigenvalue weighted by atomic mass is 15.1. The van der Waals surface area contributed by atoms with E-state index in [1.54, 1.807) is 0 Å². The highest BCUT2D eigenvalue weighted by Crippen LogP contribution is 2.22. The number of unbranched alkanes of at least 4 members (excludes halogenated alkanes) is 2. The second kappa shape index (κ2) is 12.3. The van der Waals surface area contributed by atoms with E-state index in [0.717, 1.165) is 19.4 Å². The van der Waals surface area contributed by atoms with Gasteiger partial charge >= 0.3 is 0 Å². The Labute approximate surface area is 183 Å². The molecule has 30 heavy (non-hydrogen) atoms. The smallest absolute Gasteiger partial charge is 0.0389 e. The summed E-state index contributed by atoms with van der Waals surface area (Å²) in [4.78, 5) is 7.19. The number of allylic oxidation sites excluding steroid dienone is 3. The molecule has 2 heteroatoms. The fourth-order valence-corrected chi connectivity index (χ4v) is 4.15. The van der Waals surface area contributed by atoms with Gasteiger partial charge in [-0.2, -0.15) is 0 Å². The van der Waals surface area contributed by atoms with E-state index < -0.39 is 0 Å². The normalized spacial score (nSPS) is 18.1. The summed E-state index contributed by atoms with van der Waals surface area (Å²) in [5, 5.41) is 0. The predicted molar refractivity (Wildman–Crippen MR) is 131 cm³/mol. The van der Waals surface area contributed by atoms with Crippen molar-refractivity contribution in [2.24, 2.45) is 4.99 Å². The van der Waals surface area contributed by atoms with Crippen LogP contribution in [0.2, 0.25) is 0 Å². The van der Waals surface area contributed by atoms with E-state index in [2.05, 4.69) is 97.9 Å². The molecule has 0 spiro atoms. The lowest BCUT2D eigenvalue weighted by Crippen LogP contribution is -2.27. The van der Waals surface area contributed by atoms with Crippen LogP contribution in [0.1, 0.15) is 44.6 Å². The molecule has 0 bridgehead atoms. The molecule has 0 saturated carbocycles. The molecule has 3 rings (SSSR count). The van der Waals surface area contributed by atoms with Crippen molar-refractivity contribution >= 4 is 6.21 Å². The fourth-order valence-electron chi connectivity index (χ4n) is 4.15. The number of rotatable bonds is 10. The highest BCUT2D eigenvalue weighted by Gasteiger charge is 2.23. The Bertz CT molecular complexity index is 831. The number of hydrogen-bond donors (Lipinski definition) is 0. The molecule has 2 aromatic carbocycles. The summed E-state index contributed by atoms with van der Waals surface area (Å²) in [6.07, 6.45) is 15.9. The summed E-state index contributed by atoms with van der Waals surface area (Å²) in [6, 6.07) is 20.2. The van der Waals surface area contributed by atoms with Gasteiger partial charge < -0.3 is 0 Å². The summed E-state index contributed by atoms with van der Waals surface area (Å²) >= 11 is 0. The van der Waals surface area contributed by atoms with Crippen LogP contribution < -0.4 is 0 Å². The molecule has 2 aromatic rings. The van der Waals surface area contributed by atoms with Crippen LogP contribution in [0.25, 0.3) is 11.1 Å². The van der Waals surface area contributed by atoms with Crippen LogP contribution in [-0.2, 0) is 6.42 Å². The van der Waals surface area contributed by atoms with Gasteiger partial charge in [-0.05, 0) is 74.9 Å². The van der Waals surface area contributed by atoms with Gasteiger partial charge in [0.1, 0.15) is 0 Å². The molecule has 1 aliphatic heterocycles. The Morgan fingerprint density at radius 3 is 2.47 bits per heavy atom. The molecule has 0 aliphatic carbocycles. The molecule has 0 N–H and O–H groups in total. The van der Waals surface area contributed by atoms with Crippen molar-refractivity contribution in [1.29, 1.82) is 0 Å². The number of aliphatic imine (C=N–C) groups is 1. The van der Waals surface area contributed by atoms with Crippen LogP contribution in [0, 0.1) is 0 Å². The Balaban J connectivity index is 1.38. The highest BCUT2D eigenvalue weighted by molar-refractivity contribution is 5.80. The Morgan fingerprint density at radius 1 is 1.00 bits per heavy atom. The molecule has 2 nitrogen and oxygen atoms in total. The number of likely N-dealkylation sites (N-methyl/N-ethyl adjacent to an activating group) is 1. The molecule has 1 fully saturated rings. The van der Waals surface area contributed by atoms with Crippen LogP contribution in [0.15, 0.2) is 83.4 Å². The van der Waals surface area contributed by atoms with E-state index in [9.17, 15) is 0 Å². The van der Waals surface area contributed by atoms with Gasteiger partial charge in [0.25, 0.3) is 0 Å². The third-order valence-corrected chi connectivity index (χ3v) is 5.94. The average molecular weight is 401 g/mol. The van der Waals surface area contributed by atoms with Gasteiger partial charge in [-0.25, -0.2) is 0 Å². The molecule has 1 heterocycles. The van der Waals surface area contributed by atoms with Gasteiger partial charge in [-0.1, -0.05) is 79.2 Å². The molecule has 0 unspecified atom stereocenters. The fraction of sp³-hybridized carbons (Fsp3) is 0.393. The van der Waals surface area contributed by atoms with Crippen LogP contribution in [0.4, 0.5) is 0 Å². The van der Waals surface area contributed by atoms with Gasteiger partial charge in [-0.15, -0.1) is 0 Å². The molecule has 0 amide bonds. The number of hydrogen-bond acceptors (Lipinski definition) is 2. The summed E-state index contributed by atoms with van der Waals surface area (Å²) in [5.74, 6) is 0. The van der Waals surface area contributed by atoms with Gasteiger partial charge in [0.15, 0.2) is 0 Å². The molecule has 1 aliphatic rings. The monoisotopic (exact) mass is 400 g/mol. The van der Waals surface area contributed by atoms with Crippen LogP contribution >= 0.6 is 0 Å². The summed E-state index contributed by atoms with van der Waals surface area (Å²) in [5.41, 5.74) is 5.36. The largest absolute Gasteiger partial charge is 0.299 e. The number of likely N-dealkylation sites (tertiary alicyclic amines) is 1. The lowest BCUT2D eigenvalue weighted by molar-refractivity contribution is 0.351. The molecular formula is C28H36N2. The first-order valence-corrected chi connectivity index (χ1v) is 11.4. The minimum Gasteiger partial charge on any atom is -0.299 e. The van der Waals surface area contributed by atoms with Crippen LogP contribution in [0.5, 0.6) is 0 Å². The lowest BCUT2D eigenvalue weighted by atomic mass is 10.0. The maximum Gasteiger partial charge on any atom is 0.0389 e. The SMILES string of the molecule is C/C=C\C=C(/C=NCCCCCc1ccc(-c2ccccc2)cc1)[C@@H]1CCCN1C. The van der Waals surface area contributed by atoms with Gasteiger partial charge in [0.2, 0.25) is 0 Å². The Hall–Kier alpha value is -2.45. The second-order valence-electron chi connectivity index (χ2n) is 8.24. The van der Waals surface area contributed by atoms with Crippen LogP contribution in [-0.4, -0.2) is 37.3 Å². The van der Waals surface area contributed by atoms with Crippen molar-refractivity contribution in [2.75, 3.05) is 20.1 Å². The van der Waals surface area contributed by atoms with Crippen molar-refractivity contribution in [3.8, 4) is 11.1 Å². The number of benzene rings is 2. The topological polar surface area (TPSA) is 15.6 Å². The zero-order valence-electron chi connectivity index (χ0n) is 18.6. The molecule has 1 atom stereocenters. The molecular weight excluding hydrogens is 364 g/mol. The summed E-state index contributed by atoms with van der Waals surface area (Å²) in [6.45, 7) is 4.19. The standard InChI is InChI=1S/C28H36N2/c1-3-4-13-27(28-16-11-22-30(28)2)23-29-21-10-6-7-12-24-17-19-26(20-18-24)25-14-8-5-9-15-25/h3-5,8-9,13-15,17-20,23,28H,6-7,10-12,16,21-22H2,1-2H3/b4-3-,27-13+,29-23?/t28-/m0/s1. The first kappa shape index (κ1) is 22.2. The number of aryl methyl sites for hydroxylation is 1. The van der Waals surface area contributed by atoms with Crippen molar-refractivity contribution in [3.63, 3.8) is 0 Å². The third kappa shape index (κ3) is 6.81. The van der Waals surface area contributed by atoms with Crippen molar-refractivity contribution < 1.29 is 0 Å². The maximum atomic E-state index is 4.74. The third-order valence-electron chi connectivity index (χ3n) is 5.94. The average Bonchev–Trinajstić information content (AvgIpc) is 3.22. The molecule has 0 radical (unpaired) electrons. The zero-order valence-corrected chi connectivity index (χ0v) is 18.6. The number of nitrogens with zero attached hydrogens (tertiary/aromatic N) is 2. The first-order chi connectivity index (χ1) is 14.8. The minimum absolute atomic E-state index is 0.531. The summed E-state index contributed by atoms with van der Waals surface area (Å²) in [7, 11) is 2.22. The van der Waals surface area contributed by atoms with E-state index in [1.807, 2.05) is 0 Å². The van der Waals surface area contributed by atoms with E-state index in [4.69, 9.17) is 4.99 Å². The maximum absolute atomic E-state index is 4.74. The second-order valence-corrected chi connectivity index (χ2v) is 8.24. The predicted octanol–water partition coefficient (Wildman–Crippen LogP) is 6.73. The zero-order chi connectivity index (χ0) is 21.0. The van der Waals surface area contributed by atoms with E-state index in [1.165, 1.54) is 54.5 Å². The Morgan fingerprint density at radius 2 is 1.77 bits per heavy atom. The van der Waals surface area contributed by atoms with Crippen molar-refractivity contribution in [3.05, 3.63) is 84.0 Å². The van der Waals surface area contributed by atoms with E-state index in [0.29, 0.717) is 6.04 Å². The molecule has 0 aromatic heterocycles. The molecule has 158 valence electrons. The minimum atomic E-state index is 0.531. The van der Waals surface area contributed by atoms with E-state index >= 15 is 0 Å². The van der Waals surface area contributed by atoms with E-state index in [-0.39, 0.29) is 0 Å². The Kier molecular flexibility index (Phi) is 9.11. The quantitative estimate of drug-likeness (QED) is 0.245. The first-order valence-electron chi connectivity index (χ1n) is 11.4. The van der Waals surface area contributed by atoms with Crippen molar-refractivity contribution in [2.45, 2.75) is 51.5 Å². The van der Waals surface area contributed by atoms with Gasteiger partial charge in [-0.3, -0.25) is 9.89 Å².